The Balaban J connectivity index is 2.56. The molecule has 0 aliphatic carbocycles. The Hall–Kier alpha value is -1.61. The van der Waals surface area contributed by atoms with Gasteiger partial charge in [-0.3, -0.25) is 4.68 Å². The highest BCUT2D eigenvalue weighted by atomic mass is 16.3. The summed E-state index contributed by atoms with van der Waals surface area (Å²) in [6.45, 7) is 10.2. The summed E-state index contributed by atoms with van der Waals surface area (Å²) in [5, 5.41) is 15.1. The van der Waals surface area contributed by atoms with Crippen LogP contribution in [0, 0.1) is 34.6 Å². The summed E-state index contributed by atoms with van der Waals surface area (Å²) in [6.07, 6.45) is -0.604. The van der Waals surface area contributed by atoms with E-state index >= 15 is 0 Å². The van der Waals surface area contributed by atoms with Gasteiger partial charge in [-0.1, -0.05) is 12.1 Å². The highest BCUT2D eigenvalue weighted by Crippen LogP contribution is 2.30. The molecule has 0 fully saturated rings. The second kappa shape index (κ2) is 4.82. The third-order valence-electron chi connectivity index (χ3n) is 4.02. The normalized spacial score (nSPS) is 12.8. The van der Waals surface area contributed by atoms with E-state index in [0.29, 0.717) is 0 Å². The lowest BCUT2D eigenvalue weighted by atomic mass is 9.93. The zero-order valence-corrected chi connectivity index (χ0v) is 12.6. The van der Waals surface area contributed by atoms with Crippen molar-refractivity contribution in [2.75, 3.05) is 0 Å². The maximum absolute atomic E-state index is 10.7. The molecule has 102 valence electrons. The van der Waals surface area contributed by atoms with Crippen LogP contribution in [0.2, 0.25) is 0 Å². The lowest BCUT2D eigenvalue weighted by Crippen LogP contribution is -2.06. The molecular weight excluding hydrogens is 236 g/mol. The van der Waals surface area contributed by atoms with Gasteiger partial charge in [-0.25, -0.2) is 0 Å². The summed E-state index contributed by atoms with van der Waals surface area (Å²) in [5.41, 5.74) is 7.40. The van der Waals surface area contributed by atoms with Crippen LogP contribution >= 0.6 is 0 Å². The lowest BCUT2D eigenvalue weighted by Gasteiger charge is -2.16. The molecule has 1 aromatic heterocycles. The summed E-state index contributed by atoms with van der Waals surface area (Å²) in [4.78, 5) is 0. The standard InChI is InChI=1S/C16H22N2O/c1-9-7-11(3)14(8-10(9)2)16(19)15-12(4)17-18(6)13(15)5/h7-8,16,19H,1-6H3. The summed E-state index contributed by atoms with van der Waals surface area (Å²) >= 11 is 0. The van der Waals surface area contributed by atoms with E-state index in [2.05, 4.69) is 31.1 Å². The Morgan fingerprint density at radius 3 is 2.11 bits per heavy atom. The van der Waals surface area contributed by atoms with Crippen molar-refractivity contribution in [1.82, 2.24) is 9.78 Å². The smallest absolute Gasteiger partial charge is 0.108 e. The minimum Gasteiger partial charge on any atom is -0.384 e. The van der Waals surface area contributed by atoms with Gasteiger partial charge >= 0.3 is 0 Å². The largest absolute Gasteiger partial charge is 0.384 e. The molecule has 0 spiro atoms. The zero-order valence-electron chi connectivity index (χ0n) is 12.6. The van der Waals surface area contributed by atoms with E-state index in [-0.39, 0.29) is 0 Å². The first-order valence-electron chi connectivity index (χ1n) is 6.58. The van der Waals surface area contributed by atoms with Crippen molar-refractivity contribution in [3.8, 4) is 0 Å². The second-order valence-electron chi connectivity index (χ2n) is 5.40. The minimum absolute atomic E-state index is 0.604. The van der Waals surface area contributed by atoms with Gasteiger partial charge in [-0.05, 0) is 56.9 Å². The molecule has 0 bridgehead atoms. The Labute approximate surface area is 114 Å². The van der Waals surface area contributed by atoms with E-state index < -0.39 is 6.10 Å². The molecule has 1 heterocycles. The molecule has 2 aromatic rings. The molecular formula is C16H22N2O. The van der Waals surface area contributed by atoms with Crippen LogP contribution in [0.3, 0.4) is 0 Å². The maximum atomic E-state index is 10.7. The topological polar surface area (TPSA) is 38.1 Å². The van der Waals surface area contributed by atoms with E-state index in [1.54, 1.807) is 0 Å². The average molecular weight is 258 g/mol. The highest BCUT2D eigenvalue weighted by Gasteiger charge is 2.21. The van der Waals surface area contributed by atoms with Gasteiger partial charge < -0.3 is 5.11 Å². The van der Waals surface area contributed by atoms with Gasteiger partial charge in [-0.2, -0.15) is 5.10 Å². The van der Waals surface area contributed by atoms with Gasteiger partial charge in [-0.15, -0.1) is 0 Å². The summed E-state index contributed by atoms with van der Waals surface area (Å²) in [6, 6.07) is 4.22. The van der Waals surface area contributed by atoms with E-state index in [1.165, 1.54) is 11.1 Å². The van der Waals surface area contributed by atoms with Crippen molar-refractivity contribution in [2.24, 2.45) is 7.05 Å². The van der Waals surface area contributed by atoms with Gasteiger partial charge in [0.25, 0.3) is 0 Å². The average Bonchev–Trinajstić information content (AvgIpc) is 2.57. The fraction of sp³-hybridized carbons (Fsp3) is 0.438. The number of aryl methyl sites for hydroxylation is 5. The molecule has 2 rings (SSSR count). The Morgan fingerprint density at radius 1 is 1.00 bits per heavy atom. The van der Waals surface area contributed by atoms with Crippen molar-refractivity contribution < 1.29 is 5.11 Å². The molecule has 1 atom stereocenters. The van der Waals surface area contributed by atoms with Crippen LogP contribution in [0.15, 0.2) is 12.1 Å². The quantitative estimate of drug-likeness (QED) is 0.899. The zero-order chi connectivity index (χ0) is 14.3. The van der Waals surface area contributed by atoms with Crippen molar-refractivity contribution in [1.29, 1.82) is 0 Å². The summed E-state index contributed by atoms with van der Waals surface area (Å²) in [7, 11) is 1.91. The van der Waals surface area contributed by atoms with Crippen LogP contribution in [-0.4, -0.2) is 14.9 Å². The predicted molar refractivity (Wildman–Crippen MR) is 77.4 cm³/mol. The fourth-order valence-electron chi connectivity index (χ4n) is 2.62. The van der Waals surface area contributed by atoms with Crippen molar-refractivity contribution in [2.45, 2.75) is 40.7 Å². The number of aliphatic hydroxyl groups is 1. The molecule has 1 aromatic carbocycles. The third kappa shape index (κ3) is 2.30. The number of hydrogen-bond donors (Lipinski definition) is 1. The highest BCUT2D eigenvalue weighted by molar-refractivity contribution is 5.43. The molecule has 3 heteroatoms. The third-order valence-corrected chi connectivity index (χ3v) is 4.02. The van der Waals surface area contributed by atoms with E-state index in [0.717, 1.165) is 28.1 Å². The molecule has 19 heavy (non-hydrogen) atoms. The first kappa shape index (κ1) is 13.8. The van der Waals surface area contributed by atoms with Gasteiger partial charge in [0.1, 0.15) is 6.10 Å². The van der Waals surface area contributed by atoms with Gasteiger partial charge in [0.15, 0.2) is 0 Å². The predicted octanol–water partition coefficient (Wildman–Crippen LogP) is 3.04. The monoisotopic (exact) mass is 258 g/mol. The molecule has 0 radical (unpaired) electrons. The van der Waals surface area contributed by atoms with E-state index in [1.807, 2.05) is 32.5 Å². The summed E-state index contributed by atoms with van der Waals surface area (Å²) in [5.74, 6) is 0. The molecule has 1 N–H and O–H groups in total. The molecule has 3 nitrogen and oxygen atoms in total. The van der Waals surface area contributed by atoms with Crippen LogP contribution in [0.4, 0.5) is 0 Å². The molecule has 0 amide bonds. The van der Waals surface area contributed by atoms with Crippen LogP contribution in [0.25, 0.3) is 0 Å². The first-order valence-corrected chi connectivity index (χ1v) is 6.58. The molecule has 0 saturated heterocycles. The van der Waals surface area contributed by atoms with Gasteiger partial charge in [0.2, 0.25) is 0 Å². The second-order valence-corrected chi connectivity index (χ2v) is 5.40. The number of rotatable bonds is 2. The van der Waals surface area contributed by atoms with E-state index in [9.17, 15) is 5.11 Å². The number of benzene rings is 1. The maximum Gasteiger partial charge on any atom is 0.108 e. The number of hydrogen-bond acceptors (Lipinski definition) is 2. The van der Waals surface area contributed by atoms with Gasteiger partial charge in [0.05, 0.1) is 5.69 Å². The van der Waals surface area contributed by atoms with Crippen LogP contribution in [-0.2, 0) is 7.05 Å². The molecule has 0 saturated carbocycles. The molecule has 1 unspecified atom stereocenters. The number of nitrogens with zero attached hydrogens (tertiary/aromatic N) is 2. The van der Waals surface area contributed by atoms with Crippen molar-refractivity contribution >= 4 is 0 Å². The number of aromatic nitrogens is 2. The van der Waals surface area contributed by atoms with Crippen LogP contribution in [0.1, 0.15) is 45.3 Å². The van der Waals surface area contributed by atoms with Gasteiger partial charge in [0, 0.05) is 18.3 Å². The molecule has 0 aliphatic rings. The first-order chi connectivity index (χ1) is 8.82. The molecule has 0 aliphatic heterocycles. The van der Waals surface area contributed by atoms with Crippen molar-refractivity contribution in [3.05, 3.63) is 51.3 Å². The Morgan fingerprint density at radius 2 is 1.58 bits per heavy atom. The van der Waals surface area contributed by atoms with Crippen LogP contribution < -0.4 is 0 Å². The summed E-state index contributed by atoms with van der Waals surface area (Å²) < 4.78 is 1.82. The van der Waals surface area contributed by atoms with Crippen molar-refractivity contribution in [3.63, 3.8) is 0 Å². The van der Waals surface area contributed by atoms with Crippen LogP contribution in [0.5, 0.6) is 0 Å². The van der Waals surface area contributed by atoms with E-state index in [4.69, 9.17) is 0 Å². The minimum atomic E-state index is -0.604. The fourth-order valence-corrected chi connectivity index (χ4v) is 2.62. The lowest BCUT2D eigenvalue weighted by molar-refractivity contribution is 0.218. The Kier molecular flexibility index (Phi) is 3.50. The number of aliphatic hydroxyl groups excluding tert-OH is 1. The Bertz CT molecular complexity index is 626. The SMILES string of the molecule is Cc1cc(C)c(C(O)c2c(C)nn(C)c2C)cc1C.